The van der Waals surface area contributed by atoms with Gasteiger partial charge in [0.15, 0.2) is 0 Å². The molecule has 1 saturated carbocycles. The standard InChI is InChI=1S/C27H34F3N5O5/c1-38-23-15-39-8-4-22(23)33-20-10-19-14-35(25(37)40-7-2-5-31)16-26(19,11-20)24(36)34-6-3-21-17(13-34)9-18(12-32-21)27(28,29)30/h9,12,19-20,22-23,33H,2-4,6-8,10-11,13-16H2,1H3/t19-,20+,22-,23+,26-/m0/s1. The number of hydrogen-bond acceptors (Lipinski definition) is 8. The average molecular weight is 566 g/mol. The van der Waals surface area contributed by atoms with Gasteiger partial charge in [0.2, 0.25) is 5.91 Å². The molecule has 1 N–H and O–H groups in total. The highest BCUT2D eigenvalue weighted by atomic mass is 19.4. The number of fused-ring (bicyclic) bond motifs is 2. The minimum absolute atomic E-state index is 0.00188. The van der Waals surface area contributed by atoms with Crippen LogP contribution in [0.1, 0.15) is 42.5 Å². The van der Waals surface area contributed by atoms with Crippen LogP contribution in [0, 0.1) is 22.7 Å². The van der Waals surface area contributed by atoms with E-state index >= 15 is 0 Å². The van der Waals surface area contributed by atoms with Crippen molar-refractivity contribution < 1.29 is 37.0 Å². The molecule has 0 spiro atoms. The highest BCUT2D eigenvalue weighted by molar-refractivity contribution is 5.86. The van der Waals surface area contributed by atoms with Crippen molar-refractivity contribution in [3.63, 3.8) is 0 Å². The van der Waals surface area contributed by atoms with Gasteiger partial charge in [-0.2, -0.15) is 18.4 Å². The van der Waals surface area contributed by atoms with Crippen molar-refractivity contribution in [2.45, 2.75) is 63.0 Å². The SMILES string of the molecule is CO[C@@H]1COCC[C@@H]1N[C@@H]1C[C@H]2CN(C(=O)OCCC#N)C[C@@]2(C(=O)N2CCc3ncc(C(F)(F)F)cc3C2)C1. The monoisotopic (exact) mass is 565 g/mol. The maximum atomic E-state index is 14.3. The number of amides is 2. The Hall–Kier alpha value is -2.95. The van der Waals surface area contributed by atoms with E-state index in [2.05, 4.69) is 10.3 Å². The smallest absolute Gasteiger partial charge is 0.417 e. The van der Waals surface area contributed by atoms with Crippen molar-refractivity contribution in [1.82, 2.24) is 20.1 Å². The number of aromatic nitrogens is 1. The van der Waals surface area contributed by atoms with E-state index in [1.807, 2.05) is 6.07 Å². The Morgan fingerprint density at radius 1 is 1.35 bits per heavy atom. The number of alkyl halides is 3. The predicted octanol–water partition coefficient (Wildman–Crippen LogP) is 2.51. The summed E-state index contributed by atoms with van der Waals surface area (Å²) >= 11 is 0. The van der Waals surface area contributed by atoms with Crippen LogP contribution in [0.4, 0.5) is 18.0 Å². The van der Waals surface area contributed by atoms with E-state index in [4.69, 9.17) is 19.5 Å². The van der Waals surface area contributed by atoms with Gasteiger partial charge in [0.1, 0.15) is 6.61 Å². The zero-order chi connectivity index (χ0) is 28.5. The molecule has 4 aliphatic rings. The number of hydrogen-bond donors (Lipinski definition) is 1. The lowest BCUT2D eigenvalue weighted by Gasteiger charge is -2.37. The van der Waals surface area contributed by atoms with Crippen LogP contribution in [0.15, 0.2) is 12.3 Å². The van der Waals surface area contributed by atoms with Crippen LogP contribution >= 0.6 is 0 Å². The third-order valence-corrected chi connectivity index (χ3v) is 8.71. The normalized spacial score (nSPS) is 30.0. The first-order valence-corrected chi connectivity index (χ1v) is 13.6. The molecule has 1 aliphatic carbocycles. The number of carbonyl (C=O) groups excluding carboxylic acids is 2. The van der Waals surface area contributed by atoms with Gasteiger partial charge < -0.3 is 29.3 Å². The summed E-state index contributed by atoms with van der Waals surface area (Å²) in [6, 6.07) is 3.09. The first kappa shape index (κ1) is 28.6. The lowest BCUT2D eigenvalue weighted by molar-refractivity contribution is -0.143. The predicted molar refractivity (Wildman–Crippen MR) is 134 cm³/mol. The number of rotatable bonds is 6. The molecule has 1 aromatic heterocycles. The van der Waals surface area contributed by atoms with Crippen LogP contribution in [0.2, 0.25) is 0 Å². The molecule has 0 aromatic carbocycles. The number of nitrogens with zero attached hydrogens (tertiary/aromatic N) is 4. The Morgan fingerprint density at radius 2 is 2.17 bits per heavy atom. The van der Waals surface area contributed by atoms with Gasteiger partial charge in [-0.3, -0.25) is 9.78 Å². The average Bonchev–Trinajstić information content (AvgIpc) is 3.47. The third kappa shape index (κ3) is 5.62. The molecule has 5 rings (SSSR count). The van der Waals surface area contributed by atoms with E-state index in [0.29, 0.717) is 56.8 Å². The number of pyridine rings is 1. The zero-order valence-corrected chi connectivity index (χ0v) is 22.4. The number of methoxy groups -OCH3 is 1. The largest absolute Gasteiger partial charge is 0.448 e. The summed E-state index contributed by atoms with van der Waals surface area (Å²) in [4.78, 5) is 34.2. The molecule has 2 saturated heterocycles. The summed E-state index contributed by atoms with van der Waals surface area (Å²) in [7, 11) is 1.64. The Balaban J connectivity index is 1.36. The molecule has 3 aliphatic heterocycles. The fourth-order valence-corrected chi connectivity index (χ4v) is 6.75. The van der Waals surface area contributed by atoms with Crippen LogP contribution < -0.4 is 5.32 Å². The van der Waals surface area contributed by atoms with Crippen LogP contribution in [-0.4, -0.2) is 91.5 Å². The summed E-state index contributed by atoms with van der Waals surface area (Å²) in [6.45, 7) is 1.94. The van der Waals surface area contributed by atoms with Crippen molar-refractivity contribution in [2.75, 3.05) is 46.6 Å². The summed E-state index contributed by atoms with van der Waals surface area (Å²) in [5.74, 6) is -0.310. The zero-order valence-electron chi connectivity index (χ0n) is 22.4. The van der Waals surface area contributed by atoms with Gasteiger partial charge in [0.05, 0.1) is 36.2 Å². The topological polar surface area (TPSA) is 117 Å². The van der Waals surface area contributed by atoms with E-state index in [9.17, 15) is 22.8 Å². The van der Waals surface area contributed by atoms with Gasteiger partial charge in [-0.1, -0.05) is 0 Å². The Labute approximate surface area is 230 Å². The molecule has 218 valence electrons. The van der Waals surface area contributed by atoms with E-state index in [0.717, 1.165) is 18.7 Å². The second-order valence-corrected chi connectivity index (χ2v) is 11.1. The van der Waals surface area contributed by atoms with Gasteiger partial charge in [0.25, 0.3) is 0 Å². The molecule has 0 radical (unpaired) electrons. The van der Waals surface area contributed by atoms with Crippen molar-refractivity contribution in [1.29, 1.82) is 5.26 Å². The maximum Gasteiger partial charge on any atom is 0.417 e. The maximum absolute atomic E-state index is 14.3. The molecular formula is C27H34F3N5O5. The summed E-state index contributed by atoms with van der Waals surface area (Å²) in [5.41, 5.74) is -0.771. The molecule has 40 heavy (non-hydrogen) atoms. The van der Waals surface area contributed by atoms with Gasteiger partial charge in [-0.15, -0.1) is 0 Å². The highest BCUT2D eigenvalue weighted by Gasteiger charge is 2.60. The number of carbonyl (C=O) groups is 2. The minimum atomic E-state index is -4.52. The molecule has 10 nitrogen and oxygen atoms in total. The van der Waals surface area contributed by atoms with Gasteiger partial charge in [-0.25, -0.2) is 4.79 Å². The molecule has 13 heteroatoms. The third-order valence-electron chi connectivity index (χ3n) is 8.71. The van der Waals surface area contributed by atoms with Gasteiger partial charge >= 0.3 is 12.3 Å². The molecule has 5 atom stereocenters. The molecule has 1 aromatic rings. The fourth-order valence-electron chi connectivity index (χ4n) is 6.75. The number of ether oxygens (including phenoxy) is 3. The minimum Gasteiger partial charge on any atom is -0.448 e. The van der Waals surface area contributed by atoms with E-state index < -0.39 is 23.2 Å². The number of halogens is 3. The van der Waals surface area contributed by atoms with Crippen LogP contribution in [0.5, 0.6) is 0 Å². The first-order chi connectivity index (χ1) is 19.1. The molecule has 2 amide bonds. The lowest BCUT2D eigenvalue weighted by atomic mass is 9.78. The van der Waals surface area contributed by atoms with Crippen molar-refractivity contribution in [3.8, 4) is 6.07 Å². The lowest BCUT2D eigenvalue weighted by Crippen LogP contribution is -2.52. The Morgan fingerprint density at radius 3 is 2.92 bits per heavy atom. The van der Waals surface area contributed by atoms with Crippen molar-refractivity contribution >= 4 is 12.0 Å². The van der Waals surface area contributed by atoms with Gasteiger partial charge in [-0.05, 0) is 36.8 Å². The molecule has 3 fully saturated rings. The number of nitrogens with one attached hydrogen (secondary N) is 1. The highest BCUT2D eigenvalue weighted by Crippen LogP contribution is 2.51. The quantitative estimate of drug-likeness (QED) is 0.523. The fraction of sp³-hybridized carbons (Fsp3) is 0.704. The summed E-state index contributed by atoms with van der Waals surface area (Å²) < 4.78 is 56.4. The van der Waals surface area contributed by atoms with Crippen LogP contribution in [-0.2, 0) is 38.1 Å². The molecular weight excluding hydrogens is 531 g/mol. The number of likely N-dealkylation sites (tertiary alicyclic amines) is 1. The van der Waals surface area contributed by atoms with Crippen molar-refractivity contribution in [3.05, 3.63) is 29.1 Å². The number of nitriles is 1. The second kappa shape index (κ2) is 11.5. The Bertz CT molecular complexity index is 1160. The van der Waals surface area contributed by atoms with E-state index in [1.54, 1.807) is 12.0 Å². The molecule has 0 unspecified atom stereocenters. The second-order valence-electron chi connectivity index (χ2n) is 11.1. The summed E-state index contributed by atoms with van der Waals surface area (Å²) in [6.07, 6.45) is -2.00. The van der Waals surface area contributed by atoms with Crippen molar-refractivity contribution in [2.24, 2.45) is 11.3 Å². The first-order valence-electron chi connectivity index (χ1n) is 13.6. The summed E-state index contributed by atoms with van der Waals surface area (Å²) in [5, 5.41) is 12.4. The van der Waals surface area contributed by atoms with Crippen LogP contribution in [0.25, 0.3) is 0 Å². The van der Waals surface area contributed by atoms with Gasteiger partial charge in [0, 0.05) is 70.3 Å². The van der Waals surface area contributed by atoms with E-state index in [-0.39, 0.29) is 56.1 Å². The molecule has 4 heterocycles. The van der Waals surface area contributed by atoms with E-state index in [1.165, 1.54) is 4.90 Å². The van der Waals surface area contributed by atoms with Crippen LogP contribution in [0.3, 0.4) is 0 Å². The molecule has 0 bridgehead atoms. The Kier molecular flexibility index (Phi) is 8.22.